The smallest absolute Gasteiger partial charge is 0.276 e. The Morgan fingerprint density at radius 2 is 1.79 bits per heavy atom. The number of rotatable bonds is 7. The summed E-state index contributed by atoms with van der Waals surface area (Å²) in [5, 5.41) is 4.57. The van der Waals surface area contributed by atoms with Crippen molar-refractivity contribution in [3.63, 3.8) is 0 Å². The minimum atomic E-state index is -3.73. The van der Waals surface area contributed by atoms with Crippen molar-refractivity contribution in [3.05, 3.63) is 94.0 Å². The molecule has 150 valence electrons. The number of hydrogen-bond donors (Lipinski definition) is 1. The molecule has 5 nitrogen and oxygen atoms in total. The highest BCUT2D eigenvalue weighted by atomic mass is 35.5. The van der Waals surface area contributed by atoms with Gasteiger partial charge in [-0.15, -0.1) is 0 Å². The zero-order valence-corrected chi connectivity index (χ0v) is 17.7. The van der Waals surface area contributed by atoms with Crippen LogP contribution in [0.2, 0.25) is 5.02 Å². The van der Waals surface area contributed by atoms with E-state index in [2.05, 4.69) is 9.93 Å². The maximum absolute atomic E-state index is 12.4. The Hall–Kier alpha value is -2.83. The molecule has 0 heterocycles. The molecule has 0 aliphatic carbocycles. The van der Waals surface area contributed by atoms with Crippen LogP contribution in [-0.2, 0) is 16.6 Å². The first-order valence-corrected chi connectivity index (χ1v) is 10.8. The van der Waals surface area contributed by atoms with Gasteiger partial charge in [0.1, 0.15) is 12.4 Å². The molecule has 3 aromatic carbocycles. The summed E-state index contributed by atoms with van der Waals surface area (Å²) in [6.07, 6.45) is 1.44. The largest absolute Gasteiger partial charge is 0.489 e. The van der Waals surface area contributed by atoms with E-state index in [1.807, 2.05) is 55.5 Å². The number of sulfonamides is 1. The molecule has 3 aromatic rings. The molecule has 0 aliphatic heterocycles. The Morgan fingerprint density at radius 1 is 1.03 bits per heavy atom. The monoisotopic (exact) mass is 428 g/mol. The SMILES string of the molecule is Cc1ccc(S(=O)(=O)N/N=C/c2cccc(OCc3ccc(Cl)cc3)c2)c(C)c1. The molecule has 0 aliphatic rings. The normalized spacial score (nSPS) is 11.6. The molecule has 0 aromatic heterocycles. The topological polar surface area (TPSA) is 67.8 Å². The minimum absolute atomic E-state index is 0.209. The quantitative estimate of drug-likeness (QED) is 0.432. The number of nitrogens with one attached hydrogen (secondary N) is 1. The van der Waals surface area contributed by atoms with Gasteiger partial charge in [-0.05, 0) is 60.9 Å². The molecular formula is C22H21ClN2O3S. The molecule has 0 amide bonds. The van der Waals surface area contributed by atoms with Crippen LogP contribution >= 0.6 is 11.6 Å². The number of benzene rings is 3. The van der Waals surface area contributed by atoms with E-state index in [1.54, 1.807) is 25.1 Å². The van der Waals surface area contributed by atoms with Crippen LogP contribution in [0.3, 0.4) is 0 Å². The molecule has 0 saturated heterocycles. The number of ether oxygens (including phenoxy) is 1. The average Bonchev–Trinajstić information content (AvgIpc) is 2.67. The van der Waals surface area contributed by atoms with Gasteiger partial charge in [-0.2, -0.15) is 13.5 Å². The fraction of sp³-hybridized carbons (Fsp3) is 0.136. The zero-order chi connectivity index (χ0) is 20.9. The maximum atomic E-state index is 12.4. The lowest BCUT2D eigenvalue weighted by molar-refractivity contribution is 0.306. The summed E-state index contributed by atoms with van der Waals surface area (Å²) in [5.41, 5.74) is 3.38. The van der Waals surface area contributed by atoms with E-state index in [-0.39, 0.29) is 4.90 Å². The van der Waals surface area contributed by atoms with E-state index in [0.29, 0.717) is 28.5 Å². The highest BCUT2D eigenvalue weighted by molar-refractivity contribution is 7.89. The summed E-state index contributed by atoms with van der Waals surface area (Å²) in [6, 6.07) is 19.8. The van der Waals surface area contributed by atoms with E-state index in [1.165, 1.54) is 6.21 Å². The van der Waals surface area contributed by atoms with Crippen molar-refractivity contribution < 1.29 is 13.2 Å². The van der Waals surface area contributed by atoms with Crippen molar-refractivity contribution in [1.29, 1.82) is 0 Å². The molecule has 3 rings (SSSR count). The molecule has 29 heavy (non-hydrogen) atoms. The van der Waals surface area contributed by atoms with Gasteiger partial charge in [0.2, 0.25) is 0 Å². The summed E-state index contributed by atoms with van der Waals surface area (Å²) in [6.45, 7) is 4.07. The first-order chi connectivity index (χ1) is 13.8. The summed E-state index contributed by atoms with van der Waals surface area (Å²) in [7, 11) is -3.73. The third-order valence-corrected chi connectivity index (χ3v) is 5.82. The first kappa shape index (κ1) is 20.9. The molecule has 0 spiro atoms. The van der Waals surface area contributed by atoms with Crippen LogP contribution in [0, 0.1) is 13.8 Å². The van der Waals surface area contributed by atoms with Gasteiger partial charge in [-0.3, -0.25) is 0 Å². The van der Waals surface area contributed by atoms with Gasteiger partial charge in [-0.25, -0.2) is 4.83 Å². The van der Waals surface area contributed by atoms with Gasteiger partial charge in [0.05, 0.1) is 11.1 Å². The average molecular weight is 429 g/mol. The van der Waals surface area contributed by atoms with Gasteiger partial charge < -0.3 is 4.74 Å². The lowest BCUT2D eigenvalue weighted by atomic mass is 10.2. The predicted molar refractivity (Wildman–Crippen MR) is 116 cm³/mol. The Bertz CT molecular complexity index is 1130. The van der Waals surface area contributed by atoms with Crippen LogP contribution in [0.5, 0.6) is 5.75 Å². The number of halogens is 1. The molecule has 0 atom stereocenters. The van der Waals surface area contributed by atoms with Crippen LogP contribution in [0.25, 0.3) is 0 Å². The van der Waals surface area contributed by atoms with E-state index in [9.17, 15) is 8.42 Å². The number of hydrazone groups is 1. The maximum Gasteiger partial charge on any atom is 0.276 e. The predicted octanol–water partition coefficient (Wildman–Crippen LogP) is 4.85. The van der Waals surface area contributed by atoms with Crippen LogP contribution in [0.1, 0.15) is 22.3 Å². The lowest BCUT2D eigenvalue weighted by Crippen LogP contribution is -2.19. The zero-order valence-electron chi connectivity index (χ0n) is 16.1. The van der Waals surface area contributed by atoms with Crippen molar-refractivity contribution in [1.82, 2.24) is 4.83 Å². The number of nitrogens with zero attached hydrogens (tertiary/aromatic N) is 1. The molecular weight excluding hydrogens is 408 g/mol. The van der Waals surface area contributed by atoms with E-state index >= 15 is 0 Å². The van der Waals surface area contributed by atoms with Crippen molar-refractivity contribution in [2.75, 3.05) is 0 Å². The summed E-state index contributed by atoms with van der Waals surface area (Å²) in [5.74, 6) is 0.654. The number of aryl methyl sites for hydroxylation is 2. The Kier molecular flexibility index (Phi) is 6.56. The van der Waals surface area contributed by atoms with Gasteiger partial charge in [-0.1, -0.05) is 53.6 Å². The standard InChI is InChI=1S/C22H21ClN2O3S/c1-16-6-11-22(17(2)12-16)29(26,27)25-24-14-19-4-3-5-21(13-19)28-15-18-7-9-20(23)10-8-18/h3-14,25H,15H2,1-2H3/b24-14+. The molecule has 0 unspecified atom stereocenters. The molecule has 0 radical (unpaired) electrons. The van der Waals surface area contributed by atoms with Gasteiger partial charge in [0.25, 0.3) is 10.0 Å². The van der Waals surface area contributed by atoms with Crippen LogP contribution in [0.15, 0.2) is 76.7 Å². The Morgan fingerprint density at radius 3 is 2.52 bits per heavy atom. The van der Waals surface area contributed by atoms with Crippen LogP contribution in [0.4, 0.5) is 0 Å². The fourth-order valence-electron chi connectivity index (χ4n) is 2.75. The second kappa shape index (κ2) is 9.11. The molecule has 0 bridgehead atoms. The first-order valence-electron chi connectivity index (χ1n) is 8.93. The highest BCUT2D eigenvalue weighted by Gasteiger charge is 2.15. The molecule has 1 N–H and O–H groups in total. The summed E-state index contributed by atoms with van der Waals surface area (Å²) in [4.78, 5) is 2.46. The van der Waals surface area contributed by atoms with Gasteiger partial charge in [0, 0.05) is 5.02 Å². The molecule has 7 heteroatoms. The van der Waals surface area contributed by atoms with Crippen molar-refractivity contribution >= 4 is 27.8 Å². The van der Waals surface area contributed by atoms with Crippen LogP contribution < -0.4 is 9.57 Å². The number of hydrogen-bond acceptors (Lipinski definition) is 4. The third-order valence-electron chi connectivity index (χ3n) is 4.18. The van der Waals surface area contributed by atoms with Crippen molar-refractivity contribution in [3.8, 4) is 5.75 Å². The third kappa shape index (κ3) is 5.82. The minimum Gasteiger partial charge on any atom is -0.489 e. The lowest BCUT2D eigenvalue weighted by Gasteiger charge is -2.08. The van der Waals surface area contributed by atoms with E-state index in [0.717, 1.165) is 11.1 Å². The van der Waals surface area contributed by atoms with Crippen molar-refractivity contribution in [2.45, 2.75) is 25.3 Å². The van der Waals surface area contributed by atoms with E-state index < -0.39 is 10.0 Å². The Labute approximate surface area is 176 Å². The summed E-state index contributed by atoms with van der Waals surface area (Å²) >= 11 is 5.88. The Balaban J connectivity index is 1.64. The van der Waals surface area contributed by atoms with Crippen molar-refractivity contribution in [2.24, 2.45) is 5.10 Å². The van der Waals surface area contributed by atoms with Gasteiger partial charge in [0.15, 0.2) is 0 Å². The molecule has 0 saturated carbocycles. The molecule has 0 fully saturated rings. The fourth-order valence-corrected chi connectivity index (χ4v) is 3.90. The van der Waals surface area contributed by atoms with E-state index in [4.69, 9.17) is 16.3 Å². The highest BCUT2D eigenvalue weighted by Crippen LogP contribution is 2.17. The second-order valence-corrected chi connectivity index (χ2v) is 8.68. The van der Waals surface area contributed by atoms with Gasteiger partial charge >= 0.3 is 0 Å². The summed E-state index contributed by atoms with van der Waals surface area (Å²) < 4.78 is 30.7. The second-order valence-electron chi connectivity index (χ2n) is 6.61. The van der Waals surface area contributed by atoms with Crippen LogP contribution in [-0.4, -0.2) is 14.6 Å².